The van der Waals surface area contributed by atoms with Crippen molar-refractivity contribution in [3.63, 3.8) is 0 Å². The van der Waals surface area contributed by atoms with Crippen LogP contribution in [-0.2, 0) is 4.74 Å². The highest BCUT2D eigenvalue weighted by molar-refractivity contribution is 5.66. The molecule has 3 heteroatoms. The highest BCUT2D eigenvalue weighted by atomic mass is 16.5. The minimum Gasteiger partial charge on any atom is -0.378 e. The lowest BCUT2D eigenvalue weighted by atomic mass is 10.1. The van der Waals surface area contributed by atoms with E-state index in [1.54, 1.807) is 6.08 Å². The molecule has 90 valence electrons. The fourth-order valence-electron chi connectivity index (χ4n) is 2.06. The molecule has 1 fully saturated rings. The highest BCUT2D eigenvalue weighted by Crippen LogP contribution is 2.22. The van der Waals surface area contributed by atoms with Crippen LogP contribution in [-0.4, -0.2) is 31.3 Å². The van der Waals surface area contributed by atoms with Crippen LogP contribution in [0.3, 0.4) is 0 Å². The summed E-state index contributed by atoms with van der Waals surface area (Å²) in [6.07, 6.45) is 3.62. The van der Waals surface area contributed by atoms with Crippen molar-refractivity contribution < 1.29 is 4.74 Å². The van der Waals surface area contributed by atoms with Gasteiger partial charge in [0.2, 0.25) is 0 Å². The predicted octanol–water partition coefficient (Wildman–Crippen LogP) is 2.51. The van der Waals surface area contributed by atoms with Gasteiger partial charge in [-0.1, -0.05) is 19.2 Å². The molecule has 1 aromatic heterocycles. The SMILES string of the molecule is C=Cc1nc(N2CCOCC2)cc(C)c1C=C. The molecule has 0 radical (unpaired) electrons. The average Bonchev–Trinajstić information content (AvgIpc) is 2.38. The molecule has 1 aliphatic heterocycles. The second-order valence-corrected chi connectivity index (χ2v) is 4.10. The number of nitrogens with zero attached hydrogens (tertiary/aromatic N) is 2. The van der Waals surface area contributed by atoms with Crippen LogP contribution in [0.25, 0.3) is 12.2 Å². The van der Waals surface area contributed by atoms with E-state index in [-0.39, 0.29) is 0 Å². The van der Waals surface area contributed by atoms with Crippen molar-refractivity contribution in [1.82, 2.24) is 4.98 Å². The molecule has 1 aromatic rings. The van der Waals surface area contributed by atoms with Crippen LogP contribution < -0.4 is 4.90 Å². The maximum Gasteiger partial charge on any atom is 0.129 e. The minimum atomic E-state index is 0.771. The van der Waals surface area contributed by atoms with E-state index in [0.29, 0.717) is 0 Å². The van der Waals surface area contributed by atoms with Crippen molar-refractivity contribution in [3.8, 4) is 0 Å². The number of hydrogen-bond acceptors (Lipinski definition) is 3. The fraction of sp³-hybridized carbons (Fsp3) is 0.357. The van der Waals surface area contributed by atoms with Gasteiger partial charge in [-0.25, -0.2) is 4.98 Å². The Morgan fingerprint density at radius 1 is 1.29 bits per heavy atom. The molecule has 1 saturated heterocycles. The van der Waals surface area contributed by atoms with Gasteiger partial charge in [0.05, 0.1) is 18.9 Å². The van der Waals surface area contributed by atoms with Crippen LogP contribution in [0.4, 0.5) is 5.82 Å². The molecule has 0 aromatic carbocycles. The van der Waals surface area contributed by atoms with Gasteiger partial charge < -0.3 is 9.64 Å². The largest absolute Gasteiger partial charge is 0.378 e. The molecule has 1 aliphatic rings. The lowest BCUT2D eigenvalue weighted by molar-refractivity contribution is 0.122. The molecule has 2 heterocycles. The third-order valence-electron chi connectivity index (χ3n) is 3.01. The summed E-state index contributed by atoms with van der Waals surface area (Å²) in [6.45, 7) is 13.1. The van der Waals surface area contributed by atoms with Crippen molar-refractivity contribution in [2.24, 2.45) is 0 Å². The van der Waals surface area contributed by atoms with Crippen molar-refractivity contribution in [3.05, 3.63) is 36.0 Å². The van der Waals surface area contributed by atoms with E-state index in [1.165, 1.54) is 5.56 Å². The molecule has 0 atom stereocenters. The third kappa shape index (κ3) is 2.39. The van der Waals surface area contributed by atoms with Crippen molar-refractivity contribution in [2.45, 2.75) is 6.92 Å². The molecular weight excluding hydrogens is 212 g/mol. The molecule has 2 rings (SSSR count). The van der Waals surface area contributed by atoms with Crippen molar-refractivity contribution >= 4 is 18.0 Å². The fourth-order valence-corrected chi connectivity index (χ4v) is 2.06. The monoisotopic (exact) mass is 230 g/mol. The molecule has 0 N–H and O–H groups in total. The molecule has 0 unspecified atom stereocenters. The molecule has 0 amide bonds. The van der Waals surface area contributed by atoms with E-state index < -0.39 is 0 Å². The van der Waals surface area contributed by atoms with Crippen LogP contribution in [0.5, 0.6) is 0 Å². The number of pyridine rings is 1. The highest BCUT2D eigenvalue weighted by Gasteiger charge is 2.14. The Hall–Kier alpha value is -1.61. The van der Waals surface area contributed by atoms with E-state index in [1.807, 2.05) is 6.08 Å². The van der Waals surface area contributed by atoms with Gasteiger partial charge in [0.25, 0.3) is 0 Å². The zero-order valence-corrected chi connectivity index (χ0v) is 10.3. The second-order valence-electron chi connectivity index (χ2n) is 4.10. The first-order valence-corrected chi connectivity index (χ1v) is 5.85. The van der Waals surface area contributed by atoms with Crippen LogP contribution in [0.1, 0.15) is 16.8 Å². The number of hydrogen-bond donors (Lipinski definition) is 0. The van der Waals surface area contributed by atoms with Crippen LogP contribution >= 0.6 is 0 Å². The van der Waals surface area contributed by atoms with Crippen LogP contribution in [0, 0.1) is 6.92 Å². The van der Waals surface area contributed by atoms with Gasteiger partial charge in [0.15, 0.2) is 0 Å². The maximum atomic E-state index is 5.35. The first-order valence-electron chi connectivity index (χ1n) is 5.85. The standard InChI is InChI=1S/C14H18N2O/c1-4-12-11(3)10-14(15-13(12)5-2)16-6-8-17-9-7-16/h4-5,10H,1-2,6-9H2,3H3. The Morgan fingerprint density at radius 2 is 2.00 bits per heavy atom. The molecule has 0 saturated carbocycles. The number of morpholine rings is 1. The number of aryl methyl sites for hydroxylation is 1. The van der Waals surface area contributed by atoms with Gasteiger partial charge in [-0.2, -0.15) is 0 Å². The number of aromatic nitrogens is 1. The van der Waals surface area contributed by atoms with Crippen molar-refractivity contribution in [1.29, 1.82) is 0 Å². The summed E-state index contributed by atoms with van der Waals surface area (Å²) in [5.74, 6) is 1.01. The Bertz CT molecular complexity index is 434. The smallest absolute Gasteiger partial charge is 0.129 e. The van der Waals surface area contributed by atoms with E-state index >= 15 is 0 Å². The molecular formula is C14H18N2O. The number of anilines is 1. The lowest BCUT2D eigenvalue weighted by Gasteiger charge is -2.28. The summed E-state index contributed by atoms with van der Waals surface area (Å²) in [7, 11) is 0. The quantitative estimate of drug-likeness (QED) is 0.797. The summed E-state index contributed by atoms with van der Waals surface area (Å²) in [5, 5.41) is 0. The normalized spacial score (nSPS) is 15.7. The van der Waals surface area contributed by atoms with Gasteiger partial charge in [-0.15, -0.1) is 0 Å². The van der Waals surface area contributed by atoms with Gasteiger partial charge in [-0.3, -0.25) is 0 Å². The van der Waals surface area contributed by atoms with Gasteiger partial charge in [0, 0.05) is 18.7 Å². The number of rotatable bonds is 3. The Labute approximate surface area is 102 Å². The third-order valence-corrected chi connectivity index (χ3v) is 3.01. The summed E-state index contributed by atoms with van der Waals surface area (Å²) < 4.78 is 5.35. The maximum absolute atomic E-state index is 5.35. The van der Waals surface area contributed by atoms with Gasteiger partial charge in [-0.05, 0) is 24.6 Å². The van der Waals surface area contributed by atoms with Crippen LogP contribution in [0.2, 0.25) is 0 Å². The molecule has 0 aliphatic carbocycles. The summed E-state index contributed by atoms with van der Waals surface area (Å²) in [4.78, 5) is 6.87. The lowest BCUT2D eigenvalue weighted by Crippen LogP contribution is -2.36. The summed E-state index contributed by atoms with van der Waals surface area (Å²) in [5.41, 5.74) is 3.16. The van der Waals surface area contributed by atoms with Gasteiger partial charge >= 0.3 is 0 Å². The molecule has 0 bridgehead atoms. The predicted molar refractivity (Wildman–Crippen MR) is 72.2 cm³/mol. The van der Waals surface area contributed by atoms with E-state index in [0.717, 1.165) is 43.4 Å². The second kappa shape index (κ2) is 5.15. The Morgan fingerprint density at radius 3 is 2.59 bits per heavy atom. The molecule has 17 heavy (non-hydrogen) atoms. The summed E-state index contributed by atoms with van der Waals surface area (Å²) in [6, 6.07) is 2.11. The van der Waals surface area contributed by atoms with Crippen LogP contribution in [0.15, 0.2) is 19.2 Å². The zero-order chi connectivity index (χ0) is 12.3. The topological polar surface area (TPSA) is 25.4 Å². The number of ether oxygens (including phenoxy) is 1. The zero-order valence-electron chi connectivity index (χ0n) is 10.3. The first kappa shape index (κ1) is 11.9. The Kier molecular flexibility index (Phi) is 3.59. The van der Waals surface area contributed by atoms with Crippen molar-refractivity contribution in [2.75, 3.05) is 31.2 Å². The Balaban J connectivity index is 2.38. The van der Waals surface area contributed by atoms with Gasteiger partial charge in [0.1, 0.15) is 5.82 Å². The molecule has 0 spiro atoms. The molecule has 3 nitrogen and oxygen atoms in total. The average molecular weight is 230 g/mol. The minimum absolute atomic E-state index is 0.771. The van der Waals surface area contributed by atoms with E-state index in [9.17, 15) is 0 Å². The first-order chi connectivity index (χ1) is 8.26. The van der Waals surface area contributed by atoms with E-state index in [4.69, 9.17) is 4.74 Å². The summed E-state index contributed by atoms with van der Waals surface area (Å²) >= 11 is 0. The van der Waals surface area contributed by atoms with E-state index in [2.05, 4.69) is 36.0 Å².